The Hall–Kier alpha value is -0.945. The molecule has 0 radical (unpaired) electrons. The first kappa shape index (κ1) is 20.8. The summed E-state index contributed by atoms with van der Waals surface area (Å²) in [6, 6.07) is 5.51. The summed E-state index contributed by atoms with van der Waals surface area (Å²) in [5.41, 5.74) is 0.586. The Morgan fingerprint density at radius 1 is 1.00 bits per heavy atom. The zero-order valence-corrected chi connectivity index (χ0v) is 17.4. The molecule has 1 aromatic carbocycles. The summed E-state index contributed by atoms with van der Waals surface area (Å²) in [4.78, 5) is 0. The third-order valence-corrected chi connectivity index (χ3v) is 6.62. The monoisotopic (exact) mass is 378 g/mol. The molecule has 1 aliphatic carbocycles. The van der Waals surface area contributed by atoms with Crippen LogP contribution < -0.4 is 5.46 Å². The minimum absolute atomic E-state index is 0.145. The molecule has 0 spiro atoms. The van der Waals surface area contributed by atoms with E-state index in [2.05, 4.69) is 0 Å². The molecule has 4 nitrogen and oxygen atoms in total. The lowest BCUT2D eigenvalue weighted by Gasteiger charge is -2.32. The van der Waals surface area contributed by atoms with Crippen molar-refractivity contribution >= 4 is 12.6 Å². The molecule has 1 aliphatic heterocycles. The molecule has 6 heteroatoms. The Labute approximate surface area is 162 Å². The quantitative estimate of drug-likeness (QED) is 0.573. The van der Waals surface area contributed by atoms with Crippen molar-refractivity contribution < 1.29 is 23.2 Å². The molecule has 0 amide bonds. The molecule has 1 saturated carbocycles. The number of methoxy groups -OCH3 is 2. The lowest BCUT2D eigenvalue weighted by Crippen LogP contribution is -2.41. The summed E-state index contributed by atoms with van der Waals surface area (Å²) in [7, 11) is 2.71. The first-order valence-corrected chi connectivity index (χ1v) is 9.89. The molecule has 0 aromatic heterocycles. The number of rotatable bonds is 5. The predicted molar refractivity (Wildman–Crippen MR) is 105 cm³/mol. The van der Waals surface area contributed by atoms with Gasteiger partial charge in [0.25, 0.3) is 0 Å². The molecule has 27 heavy (non-hydrogen) atoms. The van der Waals surface area contributed by atoms with Gasteiger partial charge in [0, 0.05) is 25.6 Å². The van der Waals surface area contributed by atoms with Gasteiger partial charge >= 0.3 is 7.12 Å². The molecule has 2 fully saturated rings. The summed E-state index contributed by atoms with van der Waals surface area (Å²) in [5, 5.41) is 0. The maximum atomic E-state index is 14.9. The summed E-state index contributed by atoms with van der Waals surface area (Å²) >= 11 is 0. The zero-order chi connectivity index (χ0) is 19.8. The van der Waals surface area contributed by atoms with Gasteiger partial charge in [0.05, 0.1) is 11.2 Å². The molecular formula is C21H32BFO4. The average Bonchev–Trinajstić information content (AvgIpc) is 2.84. The van der Waals surface area contributed by atoms with Crippen LogP contribution in [0.25, 0.3) is 0 Å². The second-order valence-corrected chi connectivity index (χ2v) is 8.82. The van der Waals surface area contributed by atoms with Crippen LogP contribution in [0.5, 0.6) is 0 Å². The standard InChI is InChI=1S/C21H32BFO4/c1-20(2)21(3,4)27-22(26-20)17-12-11-16(13-18(17)23)14-7-9-15(10-8-14)19(24-5)25-6/h11-15,19H,7-10H2,1-6H3. The van der Waals surface area contributed by atoms with Gasteiger partial charge in [0.2, 0.25) is 0 Å². The molecule has 150 valence electrons. The van der Waals surface area contributed by atoms with E-state index < -0.39 is 18.3 Å². The zero-order valence-electron chi connectivity index (χ0n) is 17.4. The van der Waals surface area contributed by atoms with Crippen molar-refractivity contribution in [1.82, 2.24) is 0 Å². The number of hydrogen-bond acceptors (Lipinski definition) is 4. The van der Waals surface area contributed by atoms with Gasteiger partial charge in [0.1, 0.15) is 5.82 Å². The highest BCUT2D eigenvalue weighted by atomic mass is 19.1. The molecule has 1 heterocycles. The molecule has 0 N–H and O–H groups in total. The predicted octanol–water partition coefficient (Wildman–Crippen LogP) is 4.02. The van der Waals surface area contributed by atoms with Crippen LogP contribution in [0.2, 0.25) is 0 Å². The van der Waals surface area contributed by atoms with E-state index in [0.717, 1.165) is 31.2 Å². The second kappa shape index (κ2) is 7.82. The van der Waals surface area contributed by atoms with Crippen molar-refractivity contribution in [2.24, 2.45) is 5.92 Å². The molecule has 1 aromatic rings. The molecule has 2 aliphatic rings. The van der Waals surface area contributed by atoms with E-state index in [4.69, 9.17) is 18.8 Å². The number of ether oxygens (including phenoxy) is 2. The van der Waals surface area contributed by atoms with Crippen molar-refractivity contribution in [2.75, 3.05) is 14.2 Å². The number of hydrogen-bond donors (Lipinski definition) is 0. The third kappa shape index (κ3) is 4.09. The van der Waals surface area contributed by atoms with E-state index in [0.29, 0.717) is 17.3 Å². The maximum Gasteiger partial charge on any atom is 0.497 e. The van der Waals surface area contributed by atoms with Gasteiger partial charge < -0.3 is 18.8 Å². The van der Waals surface area contributed by atoms with Crippen LogP contribution in [0, 0.1) is 11.7 Å². The Morgan fingerprint density at radius 2 is 1.56 bits per heavy atom. The summed E-state index contributed by atoms with van der Waals surface area (Å²) in [6.45, 7) is 7.91. The van der Waals surface area contributed by atoms with E-state index in [1.165, 1.54) is 0 Å². The first-order chi connectivity index (χ1) is 12.7. The van der Waals surface area contributed by atoms with Gasteiger partial charge in [-0.15, -0.1) is 0 Å². The molecule has 0 atom stereocenters. The van der Waals surface area contributed by atoms with Gasteiger partial charge in [-0.2, -0.15) is 0 Å². The van der Waals surface area contributed by atoms with Gasteiger partial charge in [-0.1, -0.05) is 12.1 Å². The lowest BCUT2D eigenvalue weighted by atomic mass is 9.75. The molecular weight excluding hydrogens is 346 g/mol. The van der Waals surface area contributed by atoms with Crippen molar-refractivity contribution in [3.05, 3.63) is 29.6 Å². The molecule has 0 unspecified atom stereocenters. The van der Waals surface area contributed by atoms with E-state index in [9.17, 15) is 4.39 Å². The lowest BCUT2D eigenvalue weighted by molar-refractivity contribution is -0.144. The SMILES string of the molecule is COC(OC)C1CCC(c2ccc(B3OC(C)(C)C(C)(C)O3)c(F)c2)CC1. The average molecular weight is 378 g/mol. The summed E-state index contributed by atoms with van der Waals surface area (Å²) in [6.07, 6.45) is 3.94. The minimum Gasteiger partial charge on any atom is -0.399 e. The van der Waals surface area contributed by atoms with Gasteiger partial charge in [0.15, 0.2) is 6.29 Å². The Morgan fingerprint density at radius 3 is 2.04 bits per heavy atom. The van der Waals surface area contributed by atoms with Crippen LogP contribution in [-0.4, -0.2) is 38.8 Å². The molecule has 3 rings (SSSR count). The Balaban J connectivity index is 1.68. The van der Waals surface area contributed by atoms with Crippen LogP contribution in [0.15, 0.2) is 18.2 Å². The smallest absolute Gasteiger partial charge is 0.399 e. The van der Waals surface area contributed by atoms with E-state index in [-0.39, 0.29) is 12.1 Å². The molecule has 1 saturated heterocycles. The summed E-state index contributed by atoms with van der Waals surface area (Å²) in [5.74, 6) is 0.530. The van der Waals surface area contributed by atoms with Crippen LogP contribution in [-0.2, 0) is 18.8 Å². The minimum atomic E-state index is -0.663. The van der Waals surface area contributed by atoms with Crippen molar-refractivity contribution in [3.63, 3.8) is 0 Å². The van der Waals surface area contributed by atoms with E-state index in [1.807, 2.05) is 39.8 Å². The van der Waals surface area contributed by atoms with Gasteiger partial charge in [-0.3, -0.25) is 0 Å². The van der Waals surface area contributed by atoms with Crippen LogP contribution >= 0.6 is 0 Å². The van der Waals surface area contributed by atoms with Crippen LogP contribution in [0.3, 0.4) is 0 Å². The van der Waals surface area contributed by atoms with Crippen molar-refractivity contribution in [2.45, 2.75) is 76.8 Å². The molecule has 0 bridgehead atoms. The third-order valence-electron chi connectivity index (χ3n) is 6.62. The van der Waals surface area contributed by atoms with Crippen LogP contribution in [0.4, 0.5) is 4.39 Å². The Bertz CT molecular complexity index is 636. The highest BCUT2D eigenvalue weighted by Gasteiger charge is 2.52. The van der Waals surface area contributed by atoms with Crippen molar-refractivity contribution in [1.29, 1.82) is 0 Å². The second-order valence-electron chi connectivity index (χ2n) is 8.82. The maximum absolute atomic E-state index is 14.9. The fraction of sp³-hybridized carbons (Fsp3) is 0.714. The number of benzene rings is 1. The summed E-state index contributed by atoms with van der Waals surface area (Å²) < 4.78 is 37.6. The van der Waals surface area contributed by atoms with Crippen molar-refractivity contribution in [3.8, 4) is 0 Å². The Kier molecular flexibility index (Phi) is 6.02. The van der Waals surface area contributed by atoms with E-state index >= 15 is 0 Å². The highest BCUT2D eigenvalue weighted by molar-refractivity contribution is 6.62. The topological polar surface area (TPSA) is 36.9 Å². The number of halogens is 1. The van der Waals surface area contributed by atoms with E-state index in [1.54, 1.807) is 20.3 Å². The normalized spacial score (nSPS) is 27.3. The highest BCUT2D eigenvalue weighted by Crippen LogP contribution is 2.39. The van der Waals surface area contributed by atoms with Gasteiger partial charge in [-0.25, -0.2) is 4.39 Å². The first-order valence-electron chi connectivity index (χ1n) is 9.89. The fourth-order valence-corrected chi connectivity index (χ4v) is 4.16. The largest absolute Gasteiger partial charge is 0.497 e. The van der Waals surface area contributed by atoms with Gasteiger partial charge in [-0.05, 0) is 70.9 Å². The van der Waals surface area contributed by atoms with Crippen LogP contribution in [0.1, 0.15) is 64.9 Å². The fourth-order valence-electron chi connectivity index (χ4n) is 4.16.